The first-order chi connectivity index (χ1) is 9.58. The van der Waals surface area contributed by atoms with E-state index in [1.807, 2.05) is 0 Å². The van der Waals surface area contributed by atoms with E-state index >= 15 is 0 Å². The normalized spacial score (nSPS) is 10.8. The van der Waals surface area contributed by atoms with E-state index in [0.29, 0.717) is 6.42 Å². The summed E-state index contributed by atoms with van der Waals surface area (Å²) in [6, 6.07) is 0. The summed E-state index contributed by atoms with van der Waals surface area (Å²) in [5, 5.41) is 41.2. The highest BCUT2D eigenvalue weighted by molar-refractivity contribution is 4.47. The summed E-state index contributed by atoms with van der Waals surface area (Å²) in [6.45, 7) is 1.51. The van der Waals surface area contributed by atoms with Crippen LogP contribution in [0, 0.1) is 0 Å². The maximum Gasteiger partial charge on any atom is 0.151 e. The molecule has 0 aliphatic heterocycles. The third-order valence-electron chi connectivity index (χ3n) is 2.99. The van der Waals surface area contributed by atoms with Crippen molar-refractivity contribution < 1.29 is 25.5 Å². The molecule has 0 aromatic rings. The Kier molecular flexibility index (Phi) is 20.8. The topological polar surface area (TPSA) is 101 Å². The van der Waals surface area contributed by atoms with Crippen LogP contribution in [0.1, 0.15) is 71.1 Å². The number of rotatable bonds is 12. The first kappa shape index (κ1) is 22.1. The average molecular weight is 294 g/mol. The summed E-state index contributed by atoms with van der Waals surface area (Å²) in [6.07, 6.45) is 9.93. The fourth-order valence-corrected chi connectivity index (χ4v) is 1.70. The van der Waals surface area contributed by atoms with Gasteiger partial charge in [0.1, 0.15) is 6.10 Å². The van der Waals surface area contributed by atoms with Gasteiger partial charge >= 0.3 is 0 Å². The van der Waals surface area contributed by atoms with Gasteiger partial charge in [0, 0.05) is 0 Å². The molecule has 0 fully saturated rings. The molecule has 0 rings (SSSR count). The van der Waals surface area contributed by atoms with Crippen molar-refractivity contribution in [3.05, 3.63) is 0 Å². The van der Waals surface area contributed by atoms with Crippen molar-refractivity contribution >= 4 is 0 Å². The number of aliphatic hydroxyl groups is 5. The maximum absolute atomic E-state index is 8.61. The lowest BCUT2D eigenvalue weighted by Crippen LogP contribution is -2.15. The van der Waals surface area contributed by atoms with Crippen LogP contribution in [-0.2, 0) is 0 Å². The van der Waals surface area contributed by atoms with Crippen molar-refractivity contribution in [1.82, 2.24) is 0 Å². The second kappa shape index (κ2) is 18.8. The van der Waals surface area contributed by atoms with Crippen molar-refractivity contribution in [3.63, 3.8) is 0 Å². The molecule has 0 amide bonds. The van der Waals surface area contributed by atoms with E-state index in [-0.39, 0.29) is 13.2 Å². The molecule has 0 atom stereocenters. The molecule has 5 heteroatoms. The van der Waals surface area contributed by atoms with E-state index in [4.69, 9.17) is 25.5 Å². The van der Waals surface area contributed by atoms with Gasteiger partial charge in [-0.2, -0.15) is 0 Å². The Bertz CT molecular complexity index is 160. The van der Waals surface area contributed by atoms with Gasteiger partial charge in [-0.3, -0.25) is 0 Å². The molecule has 5 N–H and O–H groups in total. The zero-order valence-corrected chi connectivity index (χ0v) is 12.9. The van der Waals surface area contributed by atoms with Crippen LogP contribution in [-0.4, -0.2) is 51.1 Å². The van der Waals surface area contributed by atoms with Gasteiger partial charge in [-0.05, 0) is 12.8 Å². The predicted molar refractivity (Wildman–Crippen MR) is 80.2 cm³/mol. The third kappa shape index (κ3) is 22.9. The SMILES string of the molecule is CCCCCCCCCCCC(O)O.OCC(O)CO. The van der Waals surface area contributed by atoms with Crippen LogP contribution < -0.4 is 0 Å². The predicted octanol–water partition coefficient (Wildman–Crippen LogP) is 1.55. The highest BCUT2D eigenvalue weighted by atomic mass is 16.5. The Labute approximate surface area is 123 Å². The van der Waals surface area contributed by atoms with Crippen LogP contribution in [0.25, 0.3) is 0 Å². The van der Waals surface area contributed by atoms with E-state index in [0.717, 1.165) is 12.8 Å². The summed E-state index contributed by atoms with van der Waals surface area (Å²) in [5.41, 5.74) is 0. The Morgan fingerprint density at radius 3 is 1.35 bits per heavy atom. The molecule has 0 saturated heterocycles. The minimum atomic E-state index is -1.10. The molecule has 20 heavy (non-hydrogen) atoms. The van der Waals surface area contributed by atoms with Crippen LogP contribution in [0.15, 0.2) is 0 Å². The van der Waals surface area contributed by atoms with E-state index in [1.165, 1.54) is 44.9 Å². The average Bonchev–Trinajstić information content (AvgIpc) is 2.45. The Morgan fingerprint density at radius 1 is 0.650 bits per heavy atom. The molecule has 0 saturated carbocycles. The summed E-state index contributed by atoms with van der Waals surface area (Å²) >= 11 is 0. The molecule has 0 bridgehead atoms. The minimum Gasteiger partial charge on any atom is -0.394 e. The highest BCUT2D eigenvalue weighted by Gasteiger charge is 1.96. The zero-order valence-electron chi connectivity index (χ0n) is 12.9. The first-order valence-corrected chi connectivity index (χ1v) is 7.84. The van der Waals surface area contributed by atoms with E-state index in [9.17, 15) is 0 Å². The Hall–Kier alpha value is -0.200. The molecular formula is C15H34O5. The van der Waals surface area contributed by atoms with Crippen LogP contribution in [0.2, 0.25) is 0 Å². The molecule has 0 aliphatic carbocycles. The van der Waals surface area contributed by atoms with Crippen molar-refractivity contribution in [1.29, 1.82) is 0 Å². The largest absolute Gasteiger partial charge is 0.394 e. The van der Waals surface area contributed by atoms with Gasteiger partial charge in [-0.15, -0.1) is 0 Å². The van der Waals surface area contributed by atoms with Crippen molar-refractivity contribution in [2.24, 2.45) is 0 Å². The highest BCUT2D eigenvalue weighted by Crippen LogP contribution is 2.10. The number of hydrogen-bond acceptors (Lipinski definition) is 5. The summed E-state index contributed by atoms with van der Waals surface area (Å²) in [5.74, 6) is 0. The molecule has 0 aromatic carbocycles. The summed E-state index contributed by atoms with van der Waals surface area (Å²) in [4.78, 5) is 0. The fourth-order valence-electron chi connectivity index (χ4n) is 1.70. The van der Waals surface area contributed by atoms with E-state index in [2.05, 4.69) is 6.92 Å². The molecule has 0 spiro atoms. The van der Waals surface area contributed by atoms with E-state index in [1.54, 1.807) is 0 Å². The number of aliphatic hydroxyl groups excluding tert-OH is 4. The lowest BCUT2D eigenvalue weighted by molar-refractivity contribution is -0.0466. The minimum absolute atomic E-state index is 0.365. The molecule has 0 radical (unpaired) electrons. The maximum atomic E-state index is 8.61. The second-order valence-corrected chi connectivity index (χ2v) is 5.12. The fraction of sp³-hybridized carbons (Fsp3) is 1.00. The second-order valence-electron chi connectivity index (χ2n) is 5.12. The lowest BCUT2D eigenvalue weighted by Gasteiger charge is -2.03. The smallest absolute Gasteiger partial charge is 0.151 e. The van der Waals surface area contributed by atoms with E-state index < -0.39 is 12.4 Å². The van der Waals surface area contributed by atoms with Crippen LogP contribution in [0.3, 0.4) is 0 Å². The van der Waals surface area contributed by atoms with Gasteiger partial charge in [-0.25, -0.2) is 0 Å². The third-order valence-corrected chi connectivity index (χ3v) is 2.99. The standard InChI is InChI=1S/C12H26O2.C3H8O3/c1-2-3-4-5-6-7-8-9-10-11-12(13)14;4-1-3(6)2-5/h12-14H,2-11H2,1H3;3-6H,1-2H2. The molecular weight excluding hydrogens is 260 g/mol. The van der Waals surface area contributed by atoms with Crippen LogP contribution in [0.4, 0.5) is 0 Å². The van der Waals surface area contributed by atoms with Gasteiger partial charge in [0.15, 0.2) is 6.29 Å². The number of unbranched alkanes of at least 4 members (excludes halogenated alkanes) is 8. The molecule has 0 aliphatic rings. The lowest BCUT2D eigenvalue weighted by atomic mass is 10.1. The van der Waals surface area contributed by atoms with Gasteiger partial charge in [-0.1, -0.05) is 58.3 Å². The first-order valence-electron chi connectivity index (χ1n) is 7.84. The quantitative estimate of drug-likeness (QED) is 0.278. The molecule has 0 unspecified atom stereocenters. The molecule has 0 aromatic heterocycles. The molecule has 0 heterocycles. The van der Waals surface area contributed by atoms with Crippen molar-refractivity contribution in [2.45, 2.75) is 83.5 Å². The van der Waals surface area contributed by atoms with Crippen LogP contribution >= 0.6 is 0 Å². The van der Waals surface area contributed by atoms with Crippen molar-refractivity contribution in [2.75, 3.05) is 13.2 Å². The zero-order chi connectivity index (χ0) is 15.6. The summed E-state index contributed by atoms with van der Waals surface area (Å²) in [7, 11) is 0. The van der Waals surface area contributed by atoms with Gasteiger partial charge in [0.05, 0.1) is 13.2 Å². The van der Waals surface area contributed by atoms with Gasteiger partial charge in [0.25, 0.3) is 0 Å². The van der Waals surface area contributed by atoms with Crippen molar-refractivity contribution in [3.8, 4) is 0 Å². The Balaban J connectivity index is 0. The van der Waals surface area contributed by atoms with Gasteiger partial charge in [0.2, 0.25) is 0 Å². The Morgan fingerprint density at radius 2 is 1.05 bits per heavy atom. The van der Waals surface area contributed by atoms with Gasteiger partial charge < -0.3 is 25.5 Å². The molecule has 5 nitrogen and oxygen atoms in total. The summed E-state index contributed by atoms with van der Waals surface area (Å²) < 4.78 is 0. The number of hydrogen-bond donors (Lipinski definition) is 5. The monoisotopic (exact) mass is 294 g/mol. The molecule has 124 valence electrons. The van der Waals surface area contributed by atoms with Crippen LogP contribution in [0.5, 0.6) is 0 Å².